The standard InChI is InChI=1S/C16H22O2/c1-11-6-8-12(9-7-11)16(17)14-10-18-15-5-3-2-4-13(14)15/h2-5,11-12,14,16-17H,6-10H2,1H3. The average molecular weight is 246 g/mol. The van der Waals surface area contributed by atoms with Gasteiger partial charge in [0.15, 0.2) is 0 Å². The van der Waals surface area contributed by atoms with Gasteiger partial charge in [0.25, 0.3) is 0 Å². The molecular formula is C16H22O2. The highest BCUT2D eigenvalue weighted by molar-refractivity contribution is 5.40. The molecule has 0 spiro atoms. The minimum Gasteiger partial charge on any atom is -0.493 e. The van der Waals surface area contributed by atoms with E-state index in [2.05, 4.69) is 13.0 Å². The van der Waals surface area contributed by atoms with E-state index in [1.807, 2.05) is 18.2 Å². The molecule has 0 aromatic heterocycles. The Morgan fingerprint density at radius 2 is 1.89 bits per heavy atom. The van der Waals surface area contributed by atoms with E-state index in [1.54, 1.807) is 0 Å². The lowest BCUT2D eigenvalue weighted by Crippen LogP contribution is -2.31. The van der Waals surface area contributed by atoms with Crippen molar-refractivity contribution in [2.75, 3.05) is 6.61 Å². The van der Waals surface area contributed by atoms with Crippen LogP contribution in [0, 0.1) is 11.8 Å². The zero-order valence-corrected chi connectivity index (χ0v) is 11.0. The second-order valence-electron chi connectivity index (χ2n) is 5.97. The molecule has 18 heavy (non-hydrogen) atoms. The molecule has 0 radical (unpaired) electrons. The maximum atomic E-state index is 10.6. The Morgan fingerprint density at radius 3 is 2.67 bits per heavy atom. The van der Waals surface area contributed by atoms with Crippen LogP contribution >= 0.6 is 0 Å². The molecule has 2 unspecified atom stereocenters. The van der Waals surface area contributed by atoms with Crippen molar-refractivity contribution in [3.05, 3.63) is 29.8 Å². The van der Waals surface area contributed by atoms with Gasteiger partial charge in [-0.05, 0) is 30.7 Å². The highest BCUT2D eigenvalue weighted by Gasteiger charge is 2.35. The fraction of sp³-hybridized carbons (Fsp3) is 0.625. The van der Waals surface area contributed by atoms with Crippen LogP contribution in [0.5, 0.6) is 5.75 Å². The van der Waals surface area contributed by atoms with Gasteiger partial charge in [0, 0.05) is 11.5 Å². The van der Waals surface area contributed by atoms with Crippen LogP contribution in [-0.2, 0) is 0 Å². The molecule has 2 heteroatoms. The van der Waals surface area contributed by atoms with Crippen LogP contribution < -0.4 is 4.74 Å². The van der Waals surface area contributed by atoms with E-state index in [0.29, 0.717) is 12.5 Å². The normalized spacial score (nSPS) is 32.7. The van der Waals surface area contributed by atoms with Crippen molar-refractivity contribution in [2.24, 2.45) is 11.8 Å². The molecule has 1 fully saturated rings. The predicted molar refractivity (Wildman–Crippen MR) is 71.8 cm³/mol. The minimum absolute atomic E-state index is 0.180. The fourth-order valence-electron chi connectivity index (χ4n) is 3.43. The molecule has 0 bridgehead atoms. The predicted octanol–water partition coefficient (Wildman–Crippen LogP) is 3.35. The van der Waals surface area contributed by atoms with Crippen molar-refractivity contribution >= 4 is 0 Å². The zero-order valence-electron chi connectivity index (χ0n) is 11.0. The number of ether oxygens (including phenoxy) is 1. The van der Waals surface area contributed by atoms with Gasteiger partial charge in [-0.1, -0.05) is 38.0 Å². The molecule has 1 N–H and O–H groups in total. The summed E-state index contributed by atoms with van der Waals surface area (Å²) in [6.07, 6.45) is 4.62. The number of hydrogen-bond donors (Lipinski definition) is 1. The SMILES string of the molecule is CC1CCC(C(O)C2COc3ccccc32)CC1. The van der Waals surface area contributed by atoms with E-state index in [4.69, 9.17) is 4.74 Å². The highest BCUT2D eigenvalue weighted by Crippen LogP contribution is 2.41. The van der Waals surface area contributed by atoms with Crippen molar-refractivity contribution in [1.29, 1.82) is 0 Å². The number of benzene rings is 1. The summed E-state index contributed by atoms with van der Waals surface area (Å²) < 4.78 is 5.68. The van der Waals surface area contributed by atoms with Crippen LogP contribution in [0.15, 0.2) is 24.3 Å². The van der Waals surface area contributed by atoms with E-state index in [9.17, 15) is 5.11 Å². The quantitative estimate of drug-likeness (QED) is 0.867. The van der Waals surface area contributed by atoms with Gasteiger partial charge in [-0.2, -0.15) is 0 Å². The number of aliphatic hydroxyl groups excluding tert-OH is 1. The molecule has 2 atom stereocenters. The monoisotopic (exact) mass is 246 g/mol. The van der Waals surface area contributed by atoms with Crippen molar-refractivity contribution in [2.45, 2.75) is 44.6 Å². The Morgan fingerprint density at radius 1 is 1.17 bits per heavy atom. The first-order valence-corrected chi connectivity index (χ1v) is 7.15. The first kappa shape index (κ1) is 12.0. The average Bonchev–Trinajstić information content (AvgIpc) is 2.82. The van der Waals surface area contributed by atoms with Gasteiger partial charge in [-0.15, -0.1) is 0 Å². The van der Waals surface area contributed by atoms with Crippen molar-refractivity contribution in [3.63, 3.8) is 0 Å². The molecule has 3 rings (SSSR count). The van der Waals surface area contributed by atoms with Crippen molar-refractivity contribution in [1.82, 2.24) is 0 Å². The Kier molecular flexibility index (Phi) is 3.29. The molecule has 1 saturated carbocycles. The molecule has 2 nitrogen and oxygen atoms in total. The zero-order chi connectivity index (χ0) is 12.5. The molecule has 98 valence electrons. The summed E-state index contributed by atoms with van der Waals surface area (Å²) in [5.74, 6) is 2.44. The van der Waals surface area contributed by atoms with Crippen LogP contribution in [0.4, 0.5) is 0 Å². The van der Waals surface area contributed by atoms with Crippen LogP contribution in [0.1, 0.15) is 44.1 Å². The van der Waals surface area contributed by atoms with Crippen molar-refractivity contribution in [3.8, 4) is 5.75 Å². The smallest absolute Gasteiger partial charge is 0.123 e. The summed E-state index contributed by atoms with van der Waals surface area (Å²) in [7, 11) is 0. The number of fused-ring (bicyclic) bond motifs is 1. The van der Waals surface area contributed by atoms with E-state index in [-0.39, 0.29) is 12.0 Å². The van der Waals surface area contributed by atoms with Crippen LogP contribution in [0.2, 0.25) is 0 Å². The Balaban J connectivity index is 1.72. The second kappa shape index (κ2) is 4.93. The van der Waals surface area contributed by atoms with Gasteiger partial charge < -0.3 is 9.84 Å². The largest absolute Gasteiger partial charge is 0.493 e. The first-order valence-electron chi connectivity index (χ1n) is 7.15. The van der Waals surface area contributed by atoms with E-state index < -0.39 is 0 Å². The Labute approximate surface area is 109 Å². The van der Waals surface area contributed by atoms with Crippen LogP contribution in [0.25, 0.3) is 0 Å². The summed E-state index contributed by atoms with van der Waals surface area (Å²) in [5.41, 5.74) is 1.20. The molecular weight excluding hydrogens is 224 g/mol. The van der Waals surface area contributed by atoms with Gasteiger partial charge in [-0.3, -0.25) is 0 Å². The molecule has 0 saturated heterocycles. The van der Waals surface area contributed by atoms with Gasteiger partial charge in [-0.25, -0.2) is 0 Å². The first-order chi connectivity index (χ1) is 8.75. The maximum Gasteiger partial charge on any atom is 0.123 e. The number of para-hydroxylation sites is 1. The number of hydrogen-bond acceptors (Lipinski definition) is 2. The van der Waals surface area contributed by atoms with Crippen LogP contribution in [-0.4, -0.2) is 17.8 Å². The summed E-state index contributed by atoms with van der Waals surface area (Å²) in [4.78, 5) is 0. The lowest BCUT2D eigenvalue weighted by atomic mass is 9.76. The van der Waals surface area contributed by atoms with Gasteiger partial charge in [0.2, 0.25) is 0 Å². The lowest BCUT2D eigenvalue weighted by Gasteiger charge is -2.32. The van der Waals surface area contributed by atoms with E-state index >= 15 is 0 Å². The molecule has 1 aromatic rings. The third kappa shape index (κ3) is 2.14. The Bertz CT molecular complexity index is 407. The van der Waals surface area contributed by atoms with Crippen molar-refractivity contribution < 1.29 is 9.84 Å². The molecule has 1 heterocycles. The Hall–Kier alpha value is -1.02. The maximum absolute atomic E-state index is 10.6. The second-order valence-corrected chi connectivity index (χ2v) is 5.97. The summed E-state index contributed by atoms with van der Waals surface area (Å²) >= 11 is 0. The molecule has 0 amide bonds. The molecule has 2 aliphatic rings. The highest BCUT2D eigenvalue weighted by atomic mass is 16.5. The van der Waals surface area contributed by atoms with E-state index in [0.717, 1.165) is 11.7 Å². The fourth-order valence-corrected chi connectivity index (χ4v) is 3.43. The van der Waals surface area contributed by atoms with Gasteiger partial charge in [0.1, 0.15) is 5.75 Å². The summed E-state index contributed by atoms with van der Waals surface area (Å²) in [6.45, 7) is 2.96. The number of aliphatic hydroxyl groups is 1. The van der Waals surface area contributed by atoms with E-state index in [1.165, 1.54) is 31.2 Å². The third-order valence-electron chi connectivity index (χ3n) is 4.69. The van der Waals surface area contributed by atoms with Gasteiger partial charge >= 0.3 is 0 Å². The van der Waals surface area contributed by atoms with Gasteiger partial charge in [0.05, 0.1) is 12.7 Å². The summed E-state index contributed by atoms with van der Waals surface area (Å²) in [5, 5.41) is 10.6. The topological polar surface area (TPSA) is 29.5 Å². The molecule has 1 aliphatic carbocycles. The number of rotatable bonds is 2. The molecule has 1 aromatic carbocycles. The molecule has 1 aliphatic heterocycles. The van der Waals surface area contributed by atoms with Crippen LogP contribution in [0.3, 0.4) is 0 Å². The summed E-state index contributed by atoms with van der Waals surface area (Å²) in [6, 6.07) is 8.14. The third-order valence-corrected chi connectivity index (χ3v) is 4.69. The lowest BCUT2D eigenvalue weighted by molar-refractivity contribution is 0.0467. The minimum atomic E-state index is -0.235.